The Morgan fingerprint density at radius 3 is 2.84 bits per heavy atom. The minimum absolute atomic E-state index is 0.0923. The van der Waals surface area contributed by atoms with Crippen molar-refractivity contribution in [3.05, 3.63) is 63.2 Å². The monoisotopic (exact) mass is 471 g/mol. The number of rotatable bonds is 9. The zero-order valence-corrected chi connectivity index (χ0v) is 19.6. The van der Waals surface area contributed by atoms with Crippen LogP contribution in [0, 0.1) is 13.8 Å². The van der Waals surface area contributed by atoms with Gasteiger partial charge in [-0.05, 0) is 49.2 Å². The van der Waals surface area contributed by atoms with E-state index in [1.165, 1.54) is 34.3 Å². The molecule has 0 bridgehead atoms. The average Bonchev–Trinajstić information content (AvgIpc) is 3.50. The Kier molecular flexibility index (Phi) is 6.84. The van der Waals surface area contributed by atoms with Gasteiger partial charge < -0.3 is 9.30 Å². The van der Waals surface area contributed by atoms with E-state index in [0.29, 0.717) is 5.56 Å². The molecular weight excluding hydrogens is 450 g/mol. The largest absolute Gasteiger partial charge is 0.457 e. The molecule has 9 heteroatoms. The van der Waals surface area contributed by atoms with Gasteiger partial charge in [-0.25, -0.2) is 9.97 Å². The van der Waals surface area contributed by atoms with Gasteiger partial charge in [0.05, 0.1) is 5.75 Å². The first-order chi connectivity index (χ1) is 15.0. The zero-order valence-electron chi connectivity index (χ0n) is 17.2. The molecule has 31 heavy (non-hydrogen) atoms. The summed E-state index contributed by atoms with van der Waals surface area (Å²) in [5, 5.41) is 5.68. The fourth-order valence-corrected chi connectivity index (χ4v) is 5.65. The Hall–Kier alpha value is -2.49. The van der Waals surface area contributed by atoms with Gasteiger partial charge in [0.25, 0.3) is 0 Å². The molecule has 160 valence electrons. The van der Waals surface area contributed by atoms with Gasteiger partial charge in [-0.3, -0.25) is 9.59 Å². The summed E-state index contributed by atoms with van der Waals surface area (Å²) in [7, 11) is 0. The lowest BCUT2D eigenvalue weighted by molar-refractivity contribution is -0.139. The van der Waals surface area contributed by atoms with Crippen LogP contribution >= 0.6 is 34.4 Å². The first-order valence-electron chi connectivity index (χ1n) is 9.72. The predicted octanol–water partition coefficient (Wildman–Crippen LogP) is 4.93. The highest BCUT2D eigenvalue weighted by Gasteiger charge is 2.18. The third-order valence-corrected chi connectivity index (χ3v) is 7.69. The number of fused-ring (bicyclic) bond motifs is 1. The molecular formula is C22H21N3O3S3. The van der Waals surface area contributed by atoms with Crippen LogP contribution in [0.15, 0.2) is 46.4 Å². The number of hydrogen-bond donors (Lipinski definition) is 0. The van der Waals surface area contributed by atoms with Crippen molar-refractivity contribution in [3.8, 4) is 0 Å². The second kappa shape index (κ2) is 9.76. The summed E-state index contributed by atoms with van der Waals surface area (Å²) in [5.41, 5.74) is 2.55. The SMILES string of the molecule is Cc1cc(C(=O)COC(=O)CSc2ncnc3sccc23)c(C)n1CCc1cccs1. The van der Waals surface area contributed by atoms with Crippen molar-refractivity contribution in [1.82, 2.24) is 14.5 Å². The maximum Gasteiger partial charge on any atom is 0.316 e. The third-order valence-electron chi connectivity index (χ3n) is 4.95. The van der Waals surface area contributed by atoms with Crippen molar-refractivity contribution in [2.45, 2.75) is 31.8 Å². The van der Waals surface area contributed by atoms with Crippen LogP contribution in [0.1, 0.15) is 26.6 Å². The van der Waals surface area contributed by atoms with Crippen LogP contribution < -0.4 is 0 Å². The third kappa shape index (κ3) is 5.06. The van der Waals surface area contributed by atoms with E-state index in [2.05, 4.69) is 26.0 Å². The molecule has 0 atom stereocenters. The molecule has 6 nitrogen and oxygen atoms in total. The summed E-state index contributed by atoms with van der Waals surface area (Å²) >= 11 is 4.55. The fraction of sp³-hybridized carbons (Fsp3) is 0.273. The van der Waals surface area contributed by atoms with Gasteiger partial charge in [-0.15, -0.1) is 22.7 Å². The van der Waals surface area contributed by atoms with E-state index in [4.69, 9.17) is 4.74 Å². The first-order valence-corrected chi connectivity index (χ1v) is 12.5. The lowest BCUT2D eigenvalue weighted by Crippen LogP contribution is -2.16. The van der Waals surface area contributed by atoms with Gasteiger partial charge >= 0.3 is 5.97 Å². The first kappa shape index (κ1) is 21.7. The van der Waals surface area contributed by atoms with E-state index >= 15 is 0 Å². The Bertz CT molecular complexity index is 1210. The molecule has 0 radical (unpaired) electrons. The van der Waals surface area contributed by atoms with E-state index < -0.39 is 5.97 Å². The highest BCUT2D eigenvalue weighted by Crippen LogP contribution is 2.27. The van der Waals surface area contributed by atoms with E-state index in [0.717, 1.165) is 39.6 Å². The summed E-state index contributed by atoms with van der Waals surface area (Å²) < 4.78 is 7.38. The van der Waals surface area contributed by atoms with Gasteiger partial charge in [-0.1, -0.05) is 17.8 Å². The number of carbonyl (C=O) groups excluding carboxylic acids is 2. The molecule has 0 aliphatic heterocycles. The van der Waals surface area contributed by atoms with Crippen LogP contribution in [0.5, 0.6) is 0 Å². The molecule has 4 aromatic rings. The summed E-state index contributed by atoms with van der Waals surface area (Å²) in [5.74, 6) is -0.530. The van der Waals surface area contributed by atoms with Crippen molar-refractivity contribution in [2.24, 2.45) is 0 Å². The number of thiophene rings is 2. The van der Waals surface area contributed by atoms with Gasteiger partial charge in [0.2, 0.25) is 5.78 Å². The number of thioether (sulfide) groups is 1. The number of hydrogen-bond acceptors (Lipinski definition) is 8. The van der Waals surface area contributed by atoms with E-state index in [1.807, 2.05) is 37.4 Å². The number of ketones is 1. The molecule has 0 saturated carbocycles. The molecule has 0 saturated heterocycles. The molecule has 4 aromatic heterocycles. The van der Waals surface area contributed by atoms with Crippen molar-refractivity contribution < 1.29 is 14.3 Å². The quantitative estimate of drug-likeness (QED) is 0.149. The molecule has 0 N–H and O–H groups in total. The smallest absolute Gasteiger partial charge is 0.316 e. The minimum Gasteiger partial charge on any atom is -0.457 e. The lowest BCUT2D eigenvalue weighted by atomic mass is 10.1. The lowest BCUT2D eigenvalue weighted by Gasteiger charge is -2.09. The highest BCUT2D eigenvalue weighted by molar-refractivity contribution is 8.00. The average molecular weight is 472 g/mol. The van der Waals surface area contributed by atoms with E-state index in [9.17, 15) is 9.59 Å². The Balaban J connectivity index is 1.31. The number of carbonyl (C=O) groups is 2. The highest BCUT2D eigenvalue weighted by atomic mass is 32.2. The molecule has 4 heterocycles. The summed E-state index contributed by atoms with van der Waals surface area (Å²) in [6, 6.07) is 7.98. The minimum atomic E-state index is -0.438. The number of ether oxygens (including phenoxy) is 1. The number of Topliss-reactive ketones (excluding diaryl/α,β-unsaturated/α-hetero) is 1. The molecule has 0 aliphatic rings. The van der Waals surface area contributed by atoms with Crippen molar-refractivity contribution >= 4 is 56.4 Å². The van der Waals surface area contributed by atoms with Crippen molar-refractivity contribution in [1.29, 1.82) is 0 Å². The topological polar surface area (TPSA) is 74.1 Å². The standard InChI is InChI=1S/C22H21N3O3S3/c1-14-10-18(15(2)25(14)7-5-16-4-3-8-29-16)19(26)11-28-20(27)12-31-22-17-6-9-30-21(17)23-13-24-22/h3-4,6,8-10,13H,5,7,11-12H2,1-2H3. The summed E-state index contributed by atoms with van der Waals surface area (Å²) in [4.78, 5) is 35.5. The normalized spacial score (nSPS) is 11.2. The van der Waals surface area contributed by atoms with Crippen LogP contribution in [-0.2, 0) is 22.5 Å². The van der Waals surface area contributed by atoms with Gasteiger partial charge in [0, 0.05) is 33.8 Å². The van der Waals surface area contributed by atoms with E-state index in [-0.39, 0.29) is 18.1 Å². The molecule has 0 unspecified atom stereocenters. The maximum absolute atomic E-state index is 12.7. The number of aromatic nitrogens is 3. The van der Waals surface area contributed by atoms with Crippen LogP contribution in [0.25, 0.3) is 10.2 Å². The van der Waals surface area contributed by atoms with Gasteiger partial charge in [0.15, 0.2) is 6.61 Å². The van der Waals surface area contributed by atoms with Crippen molar-refractivity contribution in [3.63, 3.8) is 0 Å². The van der Waals surface area contributed by atoms with Gasteiger partial charge in [0.1, 0.15) is 16.2 Å². The van der Waals surface area contributed by atoms with Crippen LogP contribution in [-0.4, -0.2) is 38.6 Å². The molecule has 0 aromatic carbocycles. The Morgan fingerprint density at radius 1 is 1.16 bits per heavy atom. The maximum atomic E-state index is 12.7. The molecule has 0 aliphatic carbocycles. The van der Waals surface area contributed by atoms with Crippen molar-refractivity contribution in [2.75, 3.05) is 12.4 Å². The second-order valence-electron chi connectivity index (χ2n) is 6.96. The fourth-order valence-electron chi connectivity index (χ4n) is 3.38. The second-order valence-corrected chi connectivity index (χ2v) is 9.85. The molecule has 4 rings (SSSR count). The van der Waals surface area contributed by atoms with Crippen LogP contribution in [0.2, 0.25) is 0 Å². The molecule has 0 amide bonds. The number of nitrogens with zero attached hydrogens (tertiary/aromatic N) is 3. The van der Waals surface area contributed by atoms with Crippen LogP contribution in [0.3, 0.4) is 0 Å². The number of esters is 1. The van der Waals surface area contributed by atoms with Gasteiger partial charge in [-0.2, -0.15) is 0 Å². The zero-order chi connectivity index (χ0) is 21.8. The Labute approximate surface area is 192 Å². The molecule has 0 fully saturated rings. The Morgan fingerprint density at radius 2 is 2.03 bits per heavy atom. The predicted molar refractivity (Wildman–Crippen MR) is 125 cm³/mol. The summed E-state index contributed by atoms with van der Waals surface area (Å²) in [6.45, 7) is 4.49. The molecule has 0 spiro atoms. The van der Waals surface area contributed by atoms with Crippen LogP contribution in [0.4, 0.5) is 0 Å². The summed E-state index contributed by atoms with van der Waals surface area (Å²) in [6.07, 6.45) is 2.42. The number of aryl methyl sites for hydroxylation is 2. The van der Waals surface area contributed by atoms with E-state index in [1.54, 1.807) is 11.3 Å².